The van der Waals surface area contributed by atoms with Gasteiger partial charge in [-0.3, -0.25) is 0 Å². The number of sulfonamides is 1. The van der Waals surface area contributed by atoms with Gasteiger partial charge in [0.15, 0.2) is 0 Å². The molecule has 0 aliphatic carbocycles. The molecule has 3 rings (SSSR count). The first-order chi connectivity index (χ1) is 12.0. The van der Waals surface area contributed by atoms with E-state index in [2.05, 4.69) is 4.40 Å². The maximum absolute atomic E-state index is 12.8. The molecule has 0 bridgehead atoms. The summed E-state index contributed by atoms with van der Waals surface area (Å²) >= 11 is 0. The second kappa shape index (κ2) is 7.37. The van der Waals surface area contributed by atoms with Crippen molar-refractivity contribution in [2.75, 3.05) is 26.3 Å². The van der Waals surface area contributed by atoms with Crippen LogP contribution < -0.4 is 0 Å². The van der Waals surface area contributed by atoms with Crippen molar-refractivity contribution in [1.82, 2.24) is 4.90 Å². The normalized spacial score (nSPS) is 16.1. The summed E-state index contributed by atoms with van der Waals surface area (Å²) in [6.07, 6.45) is 0. The van der Waals surface area contributed by atoms with Gasteiger partial charge in [-0.25, -0.2) is 0 Å². The summed E-state index contributed by atoms with van der Waals surface area (Å²) in [5.41, 5.74) is 2.92. The summed E-state index contributed by atoms with van der Waals surface area (Å²) in [5.74, 6) is 0.476. The maximum Gasteiger partial charge on any atom is 0.284 e. The van der Waals surface area contributed by atoms with Crippen LogP contribution >= 0.6 is 0 Å². The van der Waals surface area contributed by atoms with Crippen molar-refractivity contribution in [3.05, 3.63) is 65.2 Å². The third kappa shape index (κ3) is 4.27. The average Bonchev–Trinajstić information content (AvgIpc) is 2.62. The van der Waals surface area contributed by atoms with Crippen molar-refractivity contribution in [3.63, 3.8) is 0 Å². The highest BCUT2D eigenvalue weighted by atomic mass is 32.2. The molecule has 1 aliphatic rings. The van der Waals surface area contributed by atoms with Gasteiger partial charge in [0.1, 0.15) is 5.84 Å². The molecule has 5 nitrogen and oxygen atoms in total. The Hall–Kier alpha value is -2.18. The number of rotatable bonds is 3. The summed E-state index contributed by atoms with van der Waals surface area (Å²) in [6.45, 7) is 6.29. The van der Waals surface area contributed by atoms with Gasteiger partial charge in [0.2, 0.25) is 0 Å². The SMILES string of the molecule is Cc1ccc(/C(=N/S(=O)(=O)c2ccc(C)cc2)N2CCOCC2)cc1. The molecule has 0 N–H and O–H groups in total. The van der Waals surface area contributed by atoms with Gasteiger partial charge in [0.25, 0.3) is 10.0 Å². The van der Waals surface area contributed by atoms with Crippen molar-refractivity contribution in [2.45, 2.75) is 18.7 Å². The Morgan fingerprint density at radius 1 is 0.920 bits per heavy atom. The minimum absolute atomic E-state index is 0.205. The highest BCUT2D eigenvalue weighted by Crippen LogP contribution is 2.17. The van der Waals surface area contributed by atoms with E-state index in [-0.39, 0.29) is 4.90 Å². The standard InChI is InChI=1S/C19H22N2O3S/c1-15-3-7-17(8-4-15)19(21-11-13-24-14-12-21)20-25(22,23)18-9-5-16(2)6-10-18/h3-10H,11-14H2,1-2H3/b20-19-. The molecule has 1 heterocycles. The van der Waals surface area contributed by atoms with Gasteiger partial charge in [-0.05, 0) is 26.0 Å². The van der Waals surface area contributed by atoms with Crippen molar-refractivity contribution in [1.29, 1.82) is 0 Å². The van der Waals surface area contributed by atoms with Gasteiger partial charge in [-0.2, -0.15) is 8.42 Å². The number of hydrogen-bond acceptors (Lipinski definition) is 3. The van der Waals surface area contributed by atoms with E-state index in [9.17, 15) is 8.42 Å². The number of amidine groups is 1. The van der Waals surface area contributed by atoms with E-state index in [0.29, 0.717) is 32.1 Å². The zero-order valence-corrected chi connectivity index (χ0v) is 15.3. The molecule has 0 atom stereocenters. The number of aryl methyl sites for hydroxylation is 2. The topological polar surface area (TPSA) is 59.0 Å². The summed E-state index contributed by atoms with van der Waals surface area (Å²) in [5, 5.41) is 0. The summed E-state index contributed by atoms with van der Waals surface area (Å²) in [6, 6.07) is 14.5. The monoisotopic (exact) mass is 358 g/mol. The van der Waals surface area contributed by atoms with Crippen LogP contribution in [0.4, 0.5) is 0 Å². The first-order valence-electron chi connectivity index (χ1n) is 8.27. The van der Waals surface area contributed by atoms with Gasteiger partial charge >= 0.3 is 0 Å². The van der Waals surface area contributed by atoms with Crippen LogP contribution in [0.3, 0.4) is 0 Å². The molecule has 1 aliphatic heterocycles. The Morgan fingerprint density at radius 2 is 1.44 bits per heavy atom. The van der Waals surface area contributed by atoms with Crippen molar-refractivity contribution >= 4 is 15.9 Å². The largest absolute Gasteiger partial charge is 0.378 e. The van der Waals surface area contributed by atoms with Crippen LogP contribution in [0.15, 0.2) is 57.8 Å². The van der Waals surface area contributed by atoms with Gasteiger partial charge < -0.3 is 9.64 Å². The van der Waals surface area contributed by atoms with E-state index in [1.165, 1.54) is 0 Å². The first kappa shape index (κ1) is 17.6. The van der Waals surface area contributed by atoms with E-state index >= 15 is 0 Å². The van der Waals surface area contributed by atoms with Crippen LogP contribution in [0.25, 0.3) is 0 Å². The Labute approximate surface area is 149 Å². The van der Waals surface area contributed by atoms with E-state index in [1.807, 2.05) is 43.0 Å². The van der Waals surface area contributed by atoms with Crippen LogP contribution in [0.5, 0.6) is 0 Å². The van der Waals surface area contributed by atoms with Crippen LogP contribution in [0, 0.1) is 13.8 Å². The first-order valence-corrected chi connectivity index (χ1v) is 9.71. The van der Waals surface area contributed by atoms with Crippen molar-refractivity contribution in [2.24, 2.45) is 4.40 Å². The third-order valence-electron chi connectivity index (χ3n) is 4.15. The quantitative estimate of drug-likeness (QED) is 0.625. The molecule has 132 valence electrons. The highest BCUT2D eigenvalue weighted by Gasteiger charge is 2.21. The minimum atomic E-state index is -3.78. The molecule has 0 spiro atoms. The molecule has 2 aromatic rings. The molecule has 6 heteroatoms. The Kier molecular flexibility index (Phi) is 5.20. The molecule has 2 aromatic carbocycles. The van der Waals surface area contributed by atoms with Crippen molar-refractivity contribution in [3.8, 4) is 0 Å². The number of benzene rings is 2. The molecule has 0 radical (unpaired) electrons. The molecule has 1 fully saturated rings. The Morgan fingerprint density at radius 3 is 2.00 bits per heavy atom. The molecular weight excluding hydrogens is 336 g/mol. The third-order valence-corrected chi connectivity index (χ3v) is 5.43. The van der Waals surface area contributed by atoms with E-state index in [1.54, 1.807) is 24.3 Å². The Bertz CT molecular complexity index is 851. The van der Waals surface area contributed by atoms with E-state index in [4.69, 9.17) is 4.74 Å². The van der Waals surface area contributed by atoms with Gasteiger partial charge in [0.05, 0.1) is 18.1 Å². The average molecular weight is 358 g/mol. The van der Waals surface area contributed by atoms with Gasteiger partial charge in [-0.1, -0.05) is 47.5 Å². The van der Waals surface area contributed by atoms with Crippen LogP contribution in [0.1, 0.15) is 16.7 Å². The summed E-state index contributed by atoms with van der Waals surface area (Å²) < 4.78 is 35.2. The zero-order chi connectivity index (χ0) is 17.9. The fourth-order valence-electron chi connectivity index (χ4n) is 2.65. The predicted octanol–water partition coefficient (Wildman–Crippen LogP) is 2.77. The number of ether oxygens (including phenoxy) is 1. The van der Waals surface area contributed by atoms with Crippen molar-refractivity contribution < 1.29 is 13.2 Å². The summed E-state index contributed by atoms with van der Waals surface area (Å²) in [4.78, 5) is 2.18. The second-order valence-corrected chi connectivity index (χ2v) is 7.77. The lowest BCUT2D eigenvalue weighted by Gasteiger charge is -2.29. The van der Waals surface area contributed by atoms with Crippen LogP contribution in [-0.2, 0) is 14.8 Å². The van der Waals surface area contributed by atoms with Crippen LogP contribution in [0.2, 0.25) is 0 Å². The molecule has 0 saturated carbocycles. The second-order valence-electron chi connectivity index (χ2n) is 6.17. The number of nitrogens with zero attached hydrogens (tertiary/aromatic N) is 2. The van der Waals surface area contributed by atoms with E-state index in [0.717, 1.165) is 16.7 Å². The van der Waals surface area contributed by atoms with Gasteiger partial charge in [-0.15, -0.1) is 4.40 Å². The number of hydrogen-bond donors (Lipinski definition) is 0. The highest BCUT2D eigenvalue weighted by molar-refractivity contribution is 7.90. The molecule has 25 heavy (non-hydrogen) atoms. The fraction of sp³-hybridized carbons (Fsp3) is 0.316. The zero-order valence-electron chi connectivity index (χ0n) is 14.5. The molecule has 1 saturated heterocycles. The molecule has 0 amide bonds. The van der Waals surface area contributed by atoms with Gasteiger partial charge in [0, 0.05) is 18.7 Å². The maximum atomic E-state index is 12.8. The fourth-order valence-corrected chi connectivity index (χ4v) is 3.68. The smallest absolute Gasteiger partial charge is 0.284 e. The number of morpholine rings is 1. The Balaban J connectivity index is 2.04. The predicted molar refractivity (Wildman–Crippen MR) is 98.5 cm³/mol. The lowest BCUT2D eigenvalue weighted by Crippen LogP contribution is -2.41. The van der Waals surface area contributed by atoms with Crippen LogP contribution in [-0.4, -0.2) is 45.5 Å². The molecule has 0 aromatic heterocycles. The minimum Gasteiger partial charge on any atom is -0.378 e. The molecular formula is C19H22N2O3S. The lowest BCUT2D eigenvalue weighted by atomic mass is 10.1. The lowest BCUT2D eigenvalue weighted by molar-refractivity contribution is 0.0683. The molecule has 0 unspecified atom stereocenters. The van der Waals surface area contributed by atoms with E-state index < -0.39 is 10.0 Å². The summed E-state index contributed by atoms with van der Waals surface area (Å²) in [7, 11) is -3.78.